The molecule has 3 atom stereocenters. The van der Waals surface area contributed by atoms with E-state index in [-0.39, 0.29) is 5.97 Å². The van der Waals surface area contributed by atoms with Gasteiger partial charge < -0.3 is 4.74 Å². The number of rotatable bonds is 28. The summed E-state index contributed by atoms with van der Waals surface area (Å²) in [5.74, 6) is 2.89. The molecule has 0 aliphatic rings. The van der Waals surface area contributed by atoms with Crippen LogP contribution in [-0.4, -0.2) is 12.6 Å². The minimum Gasteiger partial charge on any atom is -0.463 e. The number of carbonyl (C=O) groups excluding carboxylic acids is 1. The van der Waals surface area contributed by atoms with Crippen LogP contribution in [0.5, 0.6) is 0 Å². The van der Waals surface area contributed by atoms with E-state index in [9.17, 15) is 4.79 Å². The zero-order chi connectivity index (χ0) is 31.1. The van der Waals surface area contributed by atoms with Crippen molar-refractivity contribution < 1.29 is 9.53 Å². The molecule has 0 aromatic carbocycles. The Kier molecular flexibility index (Phi) is 29.3. The summed E-state index contributed by atoms with van der Waals surface area (Å²) >= 11 is 0. The summed E-state index contributed by atoms with van der Waals surface area (Å²) in [6, 6.07) is 0. The Morgan fingerprint density at radius 3 is 1.52 bits per heavy atom. The van der Waals surface area contributed by atoms with Crippen molar-refractivity contribution in [3.8, 4) is 0 Å². The summed E-state index contributed by atoms with van der Waals surface area (Å²) in [4.78, 5) is 11.9. The lowest BCUT2D eigenvalue weighted by Gasteiger charge is -2.16. The zero-order valence-corrected chi connectivity index (χ0v) is 28.8. The highest BCUT2D eigenvalue weighted by Gasteiger charge is 2.09. The maximum Gasteiger partial charge on any atom is 0.330 e. The second kappa shape index (κ2) is 30.6. The van der Waals surface area contributed by atoms with E-state index in [1.165, 1.54) is 115 Å². The molecular weight excluding hydrogens is 512 g/mol. The summed E-state index contributed by atoms with van der Waals surface area (Å²) in [6.45, 7) is 14.6. The fraction of sp³-hybridized carbons (Fsp3) is 0.725. The minimum absolute atomic E-state index is 0.256. The van der Waals surface area contributed by atoms with Gasteiger partial charge in [0.25, 0.3) is 0 Å². The molecule has 2 nitrogen and oxygen atoms in total. The van der Waals surface area contributed by atoms with Gasteiger partial charge in [-0.05, 0) is 42.9 Å². The number of allylic oxidation sites excluding steroid dienone is 9. The topological polar surface area (TPSA) is 26.3 Å². The lowest BCUT2D eigenvalue weighted by molar-refractivity contribution is -0.138. The number of carbonyl (C=O) groups is 1. The first kappa shape index (κ1) is 40.2. The van der Waals surface area contributed by atoms with Gasteiger partial charge in [-0.2, -0.15) is 0 Å². The standard InChI is InChI=1S/C40H70O2/c1-7-8-9-10-11-12-13-14-15-16-17-18-19-20-21-22-23-33-40(41)42-35-34-39(6)32-26-31-38(5)30-25-29-37(4)28-24-27-36(2)3/h15-23,33,36-39H,7-14,24-32,34-35H2,1-6H3/b16-15+,18-17+,20-19+,22-21+,33-23+. The highest BCUT2D eigenvalue weighted by Crippen LogP contribution is 2.22. The molecular formula is C40H70O2. The molecule has 2 heteroatoms. The number of hydrogen-bond acceptors (Lipinski definition) is 2. The molecule has 0 spiro atoms. The Hall–Kier alpha value is -1.83. The predicted molar refractivity (Wildman–Crippen MR) is 188 cm³/mol. The number of unbranched alkanes of at least 4 members (excludes halogenated alkanes) is 7. The summed E-state index contributed by atoms with van der Waals surface area (Å²) in [7, 11) is 0. The molecule has 0 amide bonds. The average molecular weight is 583 g/mol. The van der Waals surface area contributed by atoms with E-state index in [1.807, 2.05) is 30.4 Å². The fourth-order valence-electron chi connectivity index (χ4n) is 5.26. The summed E-state index contributed by atoms with van der Waals surface area (Å²) < 4.78 is 5.39. The largest absolute Gasteiger partial charge is 0.463 e. The van der Waals surface area contributed by atoms with Crippen LogP contribution in [0.25, 0.3) is 0 Å². The van der Waals surface area contributed by atoms with Crippen molar-refractivity contribution >= 4 is 5.97 Å². The molecule has 0 saturated heterocycles. The van der Waals surface area contributed by atoms with E-state index in [4.69, 9.17) is 4.74 Å². The van der Waals surface area contributed by atoms with E-state index in [1.54, 1.807) is 6.08 Å². The molecule has 0 rings (SSSR count). The van der Waals surface area contributed by atoms with Crippen molar-refractivity contribution in [2.24, 2.45) is 23.7 Å². The smallest absolute Gasteiger partial charge is 0.330 e. The molecule has 0 aliphatic heterocycles. The molecule has 0 bridgehead atoms. The van der Waals surface area contributed by atoms with Crippen LogP contribution in [0.3, 0.4) is 0 Å². The van der Waals surface area contributed by atoms with E-state index < -0.39 is 0 Å². The molecule has 0 saturated carbocycles. The summed E-state index contributed by atoms with van der Waals surface area (Å²) in [5.41, 5.74) is 0. The van der Waals surface area contributed by atoms with Gasteiger partial charge in [0.05, 0.1) is 6.61 Å². The lowest BCUT2D eigenvalue weighted by atomic mass is 9.91. The number of esters is 1. The van der Waals surface area contributed by atoms with Crippen LogP contribution in [0.2, 0.25) is 0 Å². The van der Waals surface area contributed by atoms with E-state index in [0.717, 1.165) is 24.2 Å². The van der Waals surface area contributed by atoms with E-state index >= 15 is 0 Å². The third kappa shape index (κ3) is 31.1. The molecule has 0 heterocycles. The molecule has 3 unspecified atom stereocenters. The number of ether oxygens (including phenoxy) is 1. The summed E-state index contributed by atoms with van der Waals surface area (Å²) in [5, 5.41) is 0. The average Bonchev–Trinajstić information content (AvgIpc) is 2.94. The lowest BCUT2D eigenvalue weighted by Crippen LogP contribution is -2.07. The van der Waals surface area contributed by atoms with E-state index in [2.05, 4.69) is 59.8 Å². The quantitative estimate of drug-likeness (QED) is 0.0397. The highest BCUT2D eigenvalue weighted by molar-refractivity contribution is 5.82. The minimum atomic E-state index is -0.256. The Bertz CT molecular complexity index is 739. The maximum absolute atomic E-state index is 11.9. The molecule has 0 aromatic heterocycles. The first-order valence-corrected chi connectivity index (χ1v) is 17.8. The van der Waals surface area contributed by atoms with Gasteiger partial charge in [-0.3, -0.25) is 0 Å². The van der Waals surface area contributed by atoms with Crippen LogP contribution in [0.15, 0.2) is 60.8 Å². The van der Waals surface area contributed by atoms with Gasteiger partial charge in [-0.1, -0.05) is 193 Å². The van der Waals surface area contributed by atoms with Crippen LogP contribution < -0.4 is 0 Å². The first-order chi connectivity index (χ1) is 20.3. The van der Waals surface area contributed by atoms with Crippen molar-refractivity contribution in [3.05, 3.63) is 60.8 Å². The van der Waals surface area contributed by atoms with Crippen molar-refractivity contribution in [1.82, 2.24) is 0 Å². The van der Waals surface area contributed by atoms with Gasteiger partial charge in [-0.25, -0.2) is 4.79 Å². The van der Waals surface area contributed by atoms with E-state index in [0.29, 0.717) is 12.5 Å². The molecule has 0 aromatic rings. The fourth-order valence-corrected chi connectivity index (χ4v) is 5.26. The van der Waals surface area contributed by atoms with Crippen molar-refractivity contribution in [3.63, 3.8) is 0 Å². The van der Waals surface area contributed by atoms with Gasteiger partial charge in [0.15, 0.2) is 0 Å². The van der Waals surface area contributed by atoms with Gasteiger partial charge in [0, 0.05) is 6.08 Å². The van der Waals surface area contributed by atoms with Gasteiger partial charge in [0.2, 0.25) is 0 Å². The van der Waals surface area contributed by atoms with Gasteiger partial charge in [0.1, 0.15) is 0 Å². The van der Waals surface area contributed by atoms with Crippen molar-refractivity contribution in [2.45, 2.75) is 157 Å². The zero-order valence-electron chi connectivity index (χ0n) is 28.8. The normalized spacial score (nSPS) is 14.8. The highest BCUT2D eigenvalue weighted by atomic mass is 16.5. The monoisotopic (exact) mass is 583 g/mol. The predicted octanol–water partition coefficient (Wildman–Crippen LogP) is 12.9. The SMILES string of the molecule is CCCCCCCCC/C=C/C=C/C=C/C=C/C=C/C(=O)OCCC(C)CCCC(C)CCCC(C)CCCC(C)C. The van der Waals surface area contributed by atoms with Crippen LogP contribution >= 0.6 is 0 Å². The molecule has 0 N–H and O–H groups in total. The van der Waals surface area contributed by atoms with Crippen LogP contribution in [0.4, 0.5) is 0 Å². The molecule has 42 heavy (non-hydrogen) atoms. The molecule has 0 fully saturated rings. The van der Waals surface area contributed by atoms with Crippen LogP contribution in [-0.2, 0) is 9.53 Å². The molecule has 242 valence electrons. The van der Waals surface area contributed by atoms with Crippen molar-refractivity contribution in [1.29, 1.82) is 0 Å². The third-order valence-electron chi connectivity index (χ3n) is 8.24. The second-order valence-electron chi connectivity index (χ2n) is 13.3. The molecule has 0 aliphatic carbocycles. The van der Waals surface area contributed by atoms with Crippen LogP contribution in [0.1, 0.15) is 157 Å². The van der Waals surface area contributed by atoms with Gasteiger partial charge in [-0.15, -0.1) is 0 Å². The van der Waals surface area contributed by atoms with Crippen molar-refractivity contribution in [2.75, 3.05) is 6.61 Å². The Balaban J connectivity index is 3.76. The van der Waals surface area contributed by atoms with Crippen LogP contribution in [0, 0.1) is 23.7 Å². The Labute approximate surface area is 263 Å². The third-order valence-corrected chi connectivity index (χ3v) is 8.24. The Morgan fingerprint density at radius 1 is 0.524 bits per heavy atom. The maximum atomic E-state index is 11.9. The molecule has 0 radical (unpaired) electrons. The second-order valence-corrected chi connectivity index (χ2v) is 13.3. The summed E-state index contributed by atoms with van der Waals surface area (Å²) in [6.07, 6.45) is 43.2. The van der Waals surface area contributed by atoms with Gasteiger partial charge >= 0.3 is 5.97 Å². The first-order valence-electron chi connectivity index (χ1n) is 17.8. The Morgan fingerprint density at radius 2 is 0.976 bits per heavy atom. The number of hydrogen-bond donors (Lipinski definition) is 0.